The molecule has 3 amide bonds. The number of phenolic OH excluding ortho intramolecular Hbond substituents is 2. The molecule has 3 fully saturated rings. The standard InChI is InChI=1S/C77H105N5O22S/c1-10-16-51-34-45(2)33-46(3)35-66(98-8)70-67(99-9)37-48(5)77(94,103-70)71(89)73(91)81-28-12-11-17-61(81)75(93)102-69(47(4)36-50-18-25-62(86)53(38-50)43-83)49(6)63(87)42-60(51)80-100-44-68(88)78-26-13-29-82(7,31-15-32-105(95,96)97)30-14-27-79-72(90)52-19-22-57-56(39-52)74(92)104-76(57)58-23-20-54(84)40-64(58)101-65-41-55(85)21-24-59(65)76/h10,19-24,34,36,39-41,46,48-51,53,61-63,66-67,69-70,83,86-87,94H,1,11-18,25-33,35,37-38,42-44H2,2-9H3,(H4-,78,79,84,85,88,90,95,96,97)/b45-34+,47-36+,80-60+/t46-,48+,49+,50-,51+,53-,61-,62+,63-,66-,67-,69+,70+,77+,82?/m0/s1. The van der Waals surface area contributed by atoms with Gasteiger partial charge in [0.2, 0.25) is 5.79 Å². The van der Waals surface area contributed by atoms with Gasteiger partial charge in [-0.15, -0.1) is 6.58 Å². The van der Waals surface area contributed by atoms with E-state index in [1.54, 1.807) is 51.1 Å². The molecule has 1 unspecified atom stereocenters. The minimum atomic E-state index is -4.54. The predicted octanol–water partition coefficient (Wildman–Crippen LogP) is 6.72. The van der Waals surface area contributed by atoms with Gasteiger partial charge in [-0.1, -0.05) is 55.8 Å². The number of piperidine rings is 1. The molecule has 8 N–H and O–H groups in total. The molecule has 3 aromatic rings. The number of esters is 2. The molecule has 28 heteroatoms. The summed E-state index contributed by atoms with van der Waals surface area (Å²) in [6, 6.07) is 12.2. The number of fused-ring (bicyclic) bond motifs is 9. The number of hydrogen-bond acceptors (Lipinski definition) is 23. The summed E-state index contributed by atoms with van der Waals surface area (Å²) in [6.07, 6.45) is 4.57. The van der Waals surface area contributed by atoms with E-state index in [0.717, 1.165) is 10.5 Å². The molecule has 3 aromatic carbocycles. The number of carbonyl (C=O) groups excluding carboxylic acids is 6. The van der Waals surface area contributed by atoms with Gasteiger partial charge in [0.1, 0.15) is 41.2 Å². The molecular formula is C77H105N5O22S. The molecular weight excluding hydrogens is 1380 g/mol. The lowest BCUT2D eigenvalue weighted by atomic mass is 9.77. The lowest BCUT2D eigenvalue weighted by molar-refractivity contribution is -0.909. The number of amides is 3. The number of ketones is 1. The number of aromatic hydroxyl groups is 2. The summed E-state index contributed by atoms with van der Waals surface area (Å²) >= 11 is 0. The first kappa shape index (κ1) is 81.4. The van der Waals surface area contributed by atoms with Crippen LogP contribution in [0.15, 0.2) is 95.7 Å². The van der Waals surface area contributed by atoms with Crippen molar-refractivity contribution in [3.8, 4) is 23.0 Å². The van der Waals surface area contributed by atoms with Crippen LogP contribution in [0.2, 0.25) is 0 Å². The minimum absolute atomic E-state index is 0.000878. The topological polar surface area (TPSA) is 385 Å². The molecule has 6 aliphatic rings. The van der Waals surface area contributed by atoms with Crippen molar-refractivity contribution in [2.75, 3.05) is 79.5 Å². The molecule has 0 aromatic heterocycles. The summed E-state index contributed by atoms with van der Waals surface area (Å²) in [4.78, 5) is 92.3. The van der Waals surface area contributed by atoms with Gasteiger partial charge in [-0.25, -0.2) is 18.0 Å². The number of quaternary nitrogens is 1. The molecule has 105 heavy (non-hydrogen) atoms. The summed E-state index contributed by atoms with van der Waals surface area (Å²) in [5.41, 5.74) is 1.82. The number of benzene rings is 3. The maximum Gasteiger partial charge on any atom is 0.340 e. The normalized spacial score (nSPS) is 29.8. The average Bonchev–Trinajstić information content (AvgIpc) is 1.58. The second-order valence-corrected chi connectivity index (χ2v) is 31.4. The van der Waals surface area contributed by atoms with Crippen LogP contribution in [0.1, 0.15) is 162 Å². The van der Waals surface area contributed by atoms with Crippen molar-refractivity contribution in [1.82, 2.24) is 15.5 Å². The van der Waals surface area contributed by atoms with Crippen molar-refractivity contribution in [2.45, 2.75) is 179 Å². The maximum atomic E-state index is 14.9. The van der Waals surface area contributed by atoms with Crippen molar-refractivity contribution in [3.05, 3.63) is 118 Å². The van der Waals surface area contributed by atoms with Gasteiger partial charge in [-0.05, 0) is 132 Å². The highest BCUT2D eigenvalue weighted by atomic mass is 32.2. The van der Waals surface area contributed by atoms with Crippen LogP contribution in [0, 0.1) is 35.5 Å². The largest absolute Gasteiger partial charge is 0.748 e. The number of Topliss-reactive ketones (excluding diaryl/α,β-unsaturated/α-hetero) is 1. The highest BCUT2D eigenvalue weighted by Crippen LogP contribution is 2.57. The molecule has 1 saturated carbocycles. The zero-order valence-electron chi connectivity index (χ0n) is 61.4. The number of methoxy groups -OCH3 is 2. The Morgan fingerprint density at radius 3 is 2.14 bits per heavy atom. The Kier molecular flexibility index (Phi) is 27.4. The first-order valence-electron chi connectivity index (χ1n) is 36.5. The number of aliphatic hydroxyl groups is 4. The third-order valence-corrected chi connectivity index (χ3v) is 22.7. The third-order valence-electron chi connectivity index (χ3n) is 21.9. The monoisotopic (exact) mass is 1480 g/mol. The molecule has 5 heterocycles. The number of oxime groups is 1. The van der Waals surface area contributed by atoms with E-state index in [-0.39, 0.29) is 109 Å². The number of phenols is 2. The fourth-order valence-corrected chi connectivity index (χ4v) is 16.6. The molecule has 1 spiro atoms. The number of carbonyl (C=O) groups is 6. The average molecular weight is 1480 g/mol. The van der Waals surface area contributed by atoms with Gasteiger partial charge in [-0.3, -0.25) is 19.2 Å². The van der Waals surface area contributed by atoms with E-state index < -0.39 is 136 Å². The molecule has 5 aliphatic heterocycles. The van der Waals surface area contributed by atoms with Crippen LogP contribution in [-0.2, 0) is 63.4 Å². The zero-order valence-corrected chi connectivity index (χ0v) is 62.2. The molecule has 9 rings (SSSR count). The maximum absolute atomic E-state index is 14.9. The molecule has 2 bridgehead atoms. The summed E-state index contributed by atoms with van der Waals surface area (Å²) in [5, 5.41) is 76.7. The van der Waals surface area contributed by atoms with Gasteiger partial charge in [0.15, 0.2) is 12.2 Å². The summed E-state index contributed by atoms with van der Waals surface area (Å²) < 4.78 is 72.5. The van der Waals surface area contributed by atoms with E-state index in [1.165, 1.54) is 44.6 Å². The van der Waals surface area contributed by atoms with Crippen molar-refractivity contribution < 1.29 is 110 Å². The van der Waals surface area contributed by atoms with Gasteiger partial charge in [0.25, 0.3) is 23.5 Å². The van der Waals surface area contributed by atoms with Crippen LogP contribution in [0.25, 0.3) is 0 Å². The predicted molar refractivity (Wildman–Crippen MR) is 383 cm³/mol. The highest BCUT2D eigenvalue weighted by molar-refractivity contribution is 7.85. The van der Waals surface area contributed by atoms with Gasteiger partial charge in [0.05, 0.1) is 72.5 Å². The number of ether oxygens (including phenoxy) is 6. The van der Waals surface area contributed by atoms with Crippen LogP contribution in [0.5, 0.6) is 23.0 Å². The lowest BCUT2D eigenvalue weighted by Crippen LogP contribution is -2.64. The Labute approximate surface area is 614 Å². The Hall–Kier alpha value is -7.64. The summed E-state index contributed by atoms with van der Waals surface area (Å²) in [5.74, 6) is -10.9. The SMILES string of the molecule is C=CC[C@@H]1/C=C(\C)C[C@H](C)C[C@H](OC)[C@H]2O[C@@](O)(C(=O)C(=O)N3CCCC[C@H]3C(=O)O[C@H](/C(C)=C/[C@@H]3CC[C@@H](O)[C@H](CO)C3)[C@H](C)[C@@H](O)C/C1=N\OCC(=O)NCCC[N+](C)(CCCNC(=O)c1ccc3c(c1)C(=O)OC31c3ccc(O)cc3Oc3cc(O)ccc31)CCCS(=O)(=O)[O-])[C@H](C)C[C@@H]2OC. The first-order chi connectivity index (χ1) is 49.8. The fraction of sp³-hybridized carbons (Fsp3) is 0.597. The van der Waals surface area contributed by atoms with Gasteiger partial charge in [0, 0.05) is 130 Å². The highest BCUT2D eigenvalue weighted by Gasteiger charge is 2.58. The molecule has 1 aliphatic carbocycles. The number of cyclic esters (lactones) is 1. The van der Waals surface area contributed by atoms with E-state index in [0.29, 0.717) is 105 Å². The quantitative estimate of drug-likeness (QED) is 0.00928. The van der Waals surface area contributed by atoms with Crippen LogP contribution in [0.3, 0.4) is 0 Å². The zero-order chi connectivity index (χ0) is 76.3. The minimum Gasteiger partial charge on any atom is -0.748 e. The Morgan fingerprint density at radius 2 is 1.50 bits per heavy atom. The molecule has 0 radical (unpaired) electrons. The van der Waals surface area contributed by atoms with Crippen LogP contribution in [0.4, 0.5) is 0 Å². The van der Waals surface area contributed by atoms with Gasteiger partial charge < -0.3 is 88.5 Å². The number of hydrogen-bond donors (Lipinski definition) is 8. The number of allylic oxidation sites excluding steroid dienone is 4. The Balaban J connectivity index is 0.899. The fourth-order valence-electron chi connectivity index (χ4n) is 16.1. The van der Waals surface area contributed by atoms with E-state index in [1.807, 2.05) is 33.0 Å². The molecule has 15 atom stereocenters. The van der Waals surface area contributed by atoms with E-state index >= 15 is 0 Å². The number of aliphatic hydroxyl groups excluding tert-OH is 3. The first-order valence-corrected chi connectivity index (χ1v) is 38.1. The van der Waals surface area contributed by atoms with Crippen LogP contribution < -0.4 is 15.4 Å². The van der Waals surface area contributed by atoms with E-state index in [2.05, 4.69) is 22.4 Å². The molecule has 2 saturated heterocycles. The Morgan fingerprint density at radius 1 is 0.848 bits per heavy atom. The van der Waals surface area contributed by atoms with Gasteiger partial charge >= 0.3 is 11.9 Å². The lowest BCUT2D eigenvalue weighted by Gasteiger charge is -2.47. The van der Waals surface area contributed by atoms with E-state index in [9.17, 15) is 72.4 Å². The second kappa shape index (κ2) is 35.4. The smallest absolute Gasteiger partial charge is 0.340 e. The van der Waals surface area contributed by atoms with Crippen molar-refractivity contribution in [2.24, 2.45) is 40.7 Å². The summed E-state index contributed by atoms with van der Waals surface area (Å²) in [6.45, 7) is 13.7. The third kappa shape index (κ3) is 19.4. The second-order valence-electron chi connectivity index (χ2n) is 29.8. The number of nitrogens with one attached hydrogen (secondary N) is 2. The molecule has 576 valence electrons. The van der Waals surface area contributed by atoms with Crippen molar-refractivity contribution >= 4 is 51.3 Å². The molecule has 27 nitrogen and oxygen atoms in total. The van der Waals surface area contributed by atoms with Crippen molar-refractivity contribution in [1.29, 1.82) is 0 Å². The van der Waals surface area contributed by atoms with Crippen LogP contribution in [-0.4, -0.2) is 222 Å². The van der Waals surface area contributed by atoms with Gasteiger partial charge in [-0.2, -0.15) is 0 Å². The number of rotatable bonds is 23. The van der Waals surface area contributed by atoms with E-state index in [4.69, 9.17) is 33.3 Å². The van der Waals surface area contributed by atoms with Crippen LogP contribution >= 0.6 is 0 Å². The Bertz CT molecular complexity index is 3810. The van der Waals surface area contributed by atoms with Crippen molar-refractivity contribution in [3.63, 3.8) is 0 Å². The number of nitrogens with zero attached hydrogens (tertiary/aromatic N) is 3. The summed E-state index contributed by atoms with van der Waals surface area (Å²) in [7, 11) is 0.337.